The summed E-state index contributed by atoms with van der Waals surface area (Å²) in [6.07, 6.45) is 17.2. The molecule has 0 aromatic carbocycles. The summed E-state index contributed by atoms with van der Waals surface area (Å²) in [4.78, 5) is 39.4. The van der Waals surface area contributed by atoms with Crippen LogP contribution in [0.15, 0.2) is 0 Å². The van der Waals surface area contributed by atoms with E-state index in [9.17, 15) is 14.4 Å². The van der Waals surface area contributed by atoms with Gasteiger partial charge in [-0.1, -0.05) is 71.6 Å². The van der Waals surface area contributed by atoms with Crippen molar-refractivity contribution >= 4 is 17.7 Å². The number of hydrogen-bond acceptors (Lipinski definition) is 3. The zero-order chi connectivity index (χ0) is 23.6. The van der Waals surface area contributed by atoms with E-state index in [1.165, 1.54) is 32.1 Å². The van der Waals surface area contributed by atoms with Crippen LogP contribution in [0.3, 0.4) is 0 Å². The Morgan fingerprint density at radius 3 is 1.36 bits per heavy atom. The molecule has 0 aliphatic heterocycles. The van der Waals surface area contributed by atoms with E-state index in [-0.39, 0.29) is 41.8 Å². The van der Waals surface area contributed by atoms with Crippen LogP contribution in [-0.4, -0.2) is 35.8 Å². The minimum absolute atomic E-state index is 0.0252. The number of hydrogen-bond donors (Lipinski definition) is 3. The third-order valence-corrected chi connectivity index (χ3v) is 8.26. The highest BCUT2D eigenvalue weighted by Gasteiger charge is 2.35. The average molecular weight is 462 g/mol. The molecule has 0 spiro atoms. The van der Waals surface area contributed by atoms with Gasteiger partial charge in [0.05, 0.1) is 0 Å². The lowest BCUT2D eigenvalue weighted by atomic mass is 9.83. The molecule has 6 nitrogen and oxygen atoms in total. The SMILES string of the molecule is CC(CC(C(=O)NC1CCCCC1)C(C)C(=O)NC1CCCCC1)C(=O)NC1CCCCC1. The zero-order valence-corrected chi connectivity index (χ0v) is 21.0. The van der Waals surface area contributed by atoms with Crippen molar-refractivity contribution in [1.29, 1.82) is 0 Å². The fourth-order valence-corrected chi connectivity index (χ4v) is 5.93. The largest absolute Gasteiger partial charge is 0.353 e. The molecular weight excluding hydrogens is 414 g/mol. The number of carbonyl (C=O) groups is 3. The van der Waals surface area contributed by atoms with E-state index in [1.807, 2.05) is 13.8 Å². The van der Waals surface area contributed by atoms with Gasteiger partial charge in [-0.3, -0.25) is 14.4 Å². The van der Waals surface area contributed by atoms with Crippen molar-refractivity contribution in [2.45, 2.75) is 135 Å². The van der Waals surface area contributed by atoms with E-state index in [1.54, 1.807) is 0 Å². The van der Waals surface area contributed by atoms with E-state index < -0.39 is 11.8 Å². The van der Waals surface area contributed by atoms with Crippen molar-refractivity contribution < 1.29 is 14.4 Å². The summed E-state index contributed by atoms with van der Waals surface area (Å²) >= 11 is 0. The summed E-state index contributed by atoms with van der Waals surface area (Å²) in [7, 11) is 0. The van der Waals surface area contributed by atoms with E-state index in [2.05, 4.69) is 16.0 Å². The molecule has 3 unspecified atom stereocenters. The summed E-state index contributed by atoms with van der Waals surface area (Å²) in [5.74, 6) is -1.28. The van der Waals surface area contributed by atoms with Crippen LogP contribution in [0, 0.1) is 17.8 Å². The van der Waals surface area contributed by atoms with Crippen molar-refractivity contribution in [3.05, 3.63) is 0 Å². The topological polar surface area (TPSA) is 87.3 Å². The zero-order valence-electron chi connectivity index (χ0n) is 21.0. The van der Waals surface area contributed by atoms with Gasteiger partial charge in [-0.2, -0.15) is 0 Å². The Balaban J connectivity index is 1.61. The molecule has 3 saturated carbocycles. The van der Waals surface area contributed by atoms with Gasteiger partial charge in [0.1, 0.15) is 0 Å². The Labute approximate surface area is 200 Å². The highest BCUT2D eigenvalue weighted by molar-refractivity contribution is 5.88. The van der Waals surface area contributed by atoms with Gasteiger partial charge in [0.15, 0.2) is 0 Å². The Hall–Kier alpha value is -1.59. The molecule has 33 heavy (non-hydrogen) atoms. The number of nitrogens with one attached hydrogen (secondary N) is 3. The molecule has 0 aromatic heterocycles. The van der Waals surface area contributed by atoms with Crippen LogP contribution in [0.2, 0.25) is 0 Å². The average Bonchev–Trinajstić information content (AvgIpc) is 2.83. The van der Waals surface area contributed by atoms with Crippen molar-refractivity contribution in [2.24, 2.45) is 17.8 Å². The first kappa shape index (κ1) is 26.0. The maximum absolute atomic E-state index is 13.4. The quantitative estimate of drug-likeness (QED) is 0.468. The summed E-state index contributed by atoms with van der Waals surface area (Å²) in [5, 5.41) is 9.65. The van der Waals surface area contributed by atoms with Crippen LogP contribution in [0.4, 0.5) is 0 Å². The number of carbonyl (C=O) groups excluding carboxylic acids is 3. The Morgan fingerprint density at radius 1 is 0.576 bits per heavy atom. The summed E-state index contributed by atoms with van der Waals surface area (Å²) < 4.78 is 0. The van der Waals surface area contributed by atoms with Gasteiger partial charge >= 0.3 is 0 Å². The van der Waals surface area contributed by atoms with Crippen LogP contribution in [0.5, 0.6) is 0 Å². The molecule has 3 fully saturated rings. The molecule has 0 heterocycles. The molecule has 3 amide bonds. The maximum Gasteiger partial charge on any atom is 0.224 e. The first-order chi connectivity index (χ1) is 15.9. The lowest BCUT2D eigenvalue weighted by Gasteiger charge is -2.31. The van der Waals surface area contributed by atoms with Crippen molar-refractivity contribution in [1.82, 2.24) is 16.0 Å². The molecule has 188 valence electrons. The Kier molecular flexibility index (Phi) is 10.5. The lowest BCUT2D eigenvalue weighted by Crippen LogP contribution is -2.48. The van der Waals surface area contributed by atoms with Crippen LogP contribution >= 0.6 is 0 Å². The molecule has 0 aromatic rings. The first-order valence-corrected chi connectivity index (χ1v) is 13.8. The standard InChI is InChI=1S/C27H47N3O3/c1-19(25(31)28-21-12-6-3-7-13-21)18-24(27(33)30-23-16-10-5-11-17-23)20(2)26(32)29-22-14-8-4-9-15-22/h19-24H,3-18H2,1-2H3,(H,28,31)(H,29,32)(H,30,33). The third kappa shape index (κ3) is 8.29. The minimum Gasteiger partial charge on any atom is -0.353 e. The predicted molar refractivity (Wildman–Crippen MR) is 131 cm³/mol. The highest BCUT2D eigenvalue weighted by atomic mass is 16.2. The minimum atomic E-state index is -0.484. The van der Waals surface area contributed by atoms with Crippen molar-refractivity contribution in [2.75, 3.05) is 0 Å². The summed E-state index contributed by atoms with van der Waals surface area (Å²) in [6.45, 7) is 3.78. The monoisotopic (exact) mass is 461 g/mol. The van der Waals surface area contributed by atoms with Crippen LogP contribution in [0.25, 0.3) is 0 Å². The van der Waals surface area contributed by atoms with Crippen LogP contribution in [-0.2, 0) is 14.4 Å². The highest BCUT2D eigenvalue weighted by Crippen LogP contribution is 2.26. The van der Waals surface area contributed by atoms with Gasteiger partial charge in [0.2, 0.25) is 17.7 Å². The molecule has 0 radical (unpaired) electrons. The van der Waals surface area contributed by atoms with E-state index >= 15 is 0 Å². The maximum atomic E-state index is 13.4. The normalized spacial score (nSPS) is 23.8. The molecular formula is C27H47N3O3. The molecule has 3 rings (SSSR count). The van der Waals surface area contributed by atoms with Gasteiger partial charge in [-0.15, -0.1) is 0 Å². The van der Waals surface area contributed by atoms with Gasteiger partial charge in [-0.05, 0) is 44.9 Å². The van der Waals surface area contributed by atoms with Gasteiger partial charge < -0.3 is 16.0 Å². The van der Waals surface area contributed by atoms with Gasteiger partial charge in [0, 0.05) is 35.9 Å². The van der Waals surface area contributed by atoms with Gasteiger partial charge in [-0.25, -0.2) is 0 Å². The van der Waals surface area contributed by atoms with Crippen LogP contribution < -0.4 is 16.0 Å². The van der Waals surface area contributed by atoms with E-state index in [0.717, 1.165) is 64.2 Å². The first-order valence-electron chi connectivity index (χ1n) is 13.8. The number of rotatable bonds is 9. The molecule has 3 aliphatic rings. The van der Waals surface area contributed by atoms with Crippen LogP contribution in [0.1, 0.15) is 117 Å². The fourth-order valence-electron chi connectivity index (χ4n) is 5.93. The molecule has 0 saturated heterocycles. The lowest BCUT2D eigenvalue weighted by molar-refractivity contribution is -0.137. The molecule has 3 aliphatic carbocycles. The fraction of sp³-hybridized carbons (Fsp3) is 0.889. The molecule has 6 heteroatoms. The smallest absolute Gasteiger partial charge is 0.224 e. The second kappa shape index (κ2) is 13.3. The Morgan fingerprint density at radius 2 is 0.939 bits per heavy atom. The Bertz CT molecular complexity index is 635. The number of amides is 3. The van der Waals surface area contributed by atoms with Crippen molar-refractivity contribution in [3.63, 3.8) is 0 Å². The molecule has 3 N–H and O–H groups in total. The predicted octanol–water partition coefficient (Wildman–Crippen LogP) is 4.61. The van der Waals surface area contributed by atoms with E-state index in [4.69, 9.17) is 0 Å². The third-order valence-electron chi connectivity index (χ3n) is 8.26. The second-order valence-electron chi connectivity index (χ2n) is 11.1. The summed E-state index contributed by atoms with van der Waals surface area (Å²) in [5.41, 5.74) is 0. The van der Waals surface area contributed by atoms with Crippen molar-refractivity contribution in [3.8, 4) is 0 Å². The second-order valence-corrected chi connectivity index (χ2v) is 11.1. The summed E-state index contributed by atoms with van der Waals surface area (Å²) in [6, 6.07) is 0.687. The molecule has 3 atom stereocenters. The molecule has 0 bridgehead atoms. The van der Waals surface area contributed by atoms with E-state index in [0.29, 0.717) is 6.42 Å². The van der Waals surface area contributed by atoms with Gasteiger partial charge in [0.25, 0.3) is 0 Å².